The molecule has 3 fully saturated rings. The van der Waals surface area contributed by atoms with Gasteiger partial charge in [0.1, 0.15) is 6.54 Å². The summed E-state index contributed by atoms with van der Waals surface area (Å²) in [4.78, 5) is 17.9. The Morgan fingerprint density at radius 2 is 2.04 bits per heavy atom. The van der Waals surface area contributed by atoms with Crippen molar-refractivity contribution in [2.24, 2.45) is 4.99 Å². The largest absolute Gasteiger partial charge is 0.374 e. The van der Waals surface area contributed by atoms with Crippen LogP contribution >= 0.6 is 35.7 Å². The third-order valence-corrected chi connectivity index (χ3v) is 5.91. The van der Waals surface area contributed by atoms with Crippen LogP contribution in [0.5, 0.6) is 0 Å². The van der Waals surface area contributed by atoms with E-state index in [1.165, 1.54) is 18.6 Å². The fourth-order valence-electron chi connectivity index (χ4n) is 3.05. The number of ether oxygens (including phenoxy) is 1. The Morgan fingerprint density at radius 1 is 1.29 bits per heavy atom. The van der Waals surface area contributed by atoms with Gasteiger partial charge in [0.2, 0.25) is 5.91 Å². The molecular formula is C16H29IN4O2S. The van der Waals surface area contributed by atoms with Gasteiger partial charge in [0.15, 0.2) is 5.96 Å². The number of nitrogens with zero attached hydrogens (tertiary/aromatic N) is 2. The number of amides is 1. The number of carbonyl (C=O) groups excluding carboxylic acids is 1. The zero-order valence-corrected chi connectivity index (χ0v) is 17.7. The molecule has 2 N–H and O–H groups in total. The van der Waals surface area contributed by atoms with Gasteiger partial charge in [-0.15, -0.1) is 24.0 Å². The second-order valence-electron chi connectivity index (χ2n) is 7.04. The van der Waals surface area contributed by atoms with Gasteiger partial charge in [0.05, 0.1) is 5.60 Å². The normalized spacial score (nSPS) is 29.9. The van der Waals surface area contributed by atoms with E-state index >= 15 is 0 Å². The van der Waals surface area contributed by atoms with Crippen molar-refractivity contribution >= 4 is 47.6 Å². The molecule has 3 aliphatic rings. The van der Waals surface area contributed by atoms with Crippen molar-refractivity contribution in [2.45, 2.75) is 49.8 Å². The van der Waals surface area contributed by atoms with Crippen LogP contribution in [0.4, 0.5) is 0 Å². The van der Waals surface area contributed by atoms with E-state index < -0.39 is 0 Å². The maximum Gasteiger partial charge on any atom is 0.243 e. The molecule has 3 rings (SSSR count). The molecule has 2 aliphatic heterocycles. The Hall–Kier alpha value is -0.220. The summed E-state index contributed by atoms with van der Waals surface area (Å²) in [5.41, 5.74) is 0.0602. The molecule has 8 heteroatoms. The van der Waals surface area contributed by atoms with E-state index in [1.807, 2.05) is 11.8 Å². The SMILES string of the molecule is CN(C)C(=O)CN=C(NC1CC1)NC1CCOC2(CCSC2)C1.I. The number of carbonyl (C=O) groups is 1. The molecule has 1 saturated carbocycles. The molecule has 0 aromatic rings. The van der Waals surface area contributed by atoms with Gasteiger partial charge in [-0.2, -0.15) is 11.8 Å². The molecule has 1 aliphatic carbocycles. The second kappa shape index (κ2) is 8.93. The number of nitrogens with one attached hydrogen (secondary N) is 2. The predicted octanol–water partition coefficient (Wildman–Crippen LogP) is 1.44. The number of rotatable bonds is 4. The summed E-state index contributed by atoms with van der Waals surface area (Å²) in [6.45, 7) is 1.00. The Labute approximate surface area is 165 Å². The fourth-order valence-corrected chi connectivity index (χ4v) is 4.43. The van der Waals surface area contributed by atoms with Crippen LogP contribution in [-0.2, 0) is 9.53 Å². The minimum atomic E-state index is 0. The first-order valence-corrected chi connectivity index (χ1v) is 9.71. The third-order valence-electron chi connectivity index (χ3n) is 4.69. The highest BCUT2D eigenvalue weighted by atomic mass is 127. The Morgan fingerprint density at radius 3 is 2.67 bits per heavy atom. The quantitative estimate of drug-likeness (QED) is 0.372. The van der Waals surface area contributed by atoms with Crippen molar-refractivity contribution in [1.29, 1.82) is 0 Å². The molecule has 1 amide bonds. The molecule has 1 spiro atoms. The van der Waals surface area contributed by atoms with Crippen LogP contribution in [0, 0.1) is 0 Å². The summed E-state index contributed by atoms with van der Waals surface area (Å²) >= 11 is 1.99. The van der Waals surface area contributed by atoms with Gasteiger partial charge in [-0.1, -0.05) is 0 Å². The maximum atomic E-state index is 11.8. The van der Waals surface area contributed by atoms with Crippen LogP contribution in [0.2, 0.25) is 0 Å². The summed E-state index contributed by atoms with van der Waals surface area (Å²) in [5, 5.41) is 6.99. The van der Waals surface area contributed by atoms with Gasteiger partial charge in [0.25, 0.3) is 0 Å². The van der Waals surface area contributed by atoms with E-state index in [0.717, 1.165) is 37.6 Å². The van der Waals surface area contributed by atoms with Crippen molar-refractivity contribution < 1.29 is 9.53 Å². The minimum Gasteiger partial charge on any atom is -0.374 e. The predicted molar refractivity (Wildman–Crippen MR) is 109 cm³/mol. The van der Waals surface area contributed by atoms with Crippen LogP contribution in [-0.4, -0.2) is 73.2 Å². The van der Waals surface area contributed by atoms with Crippen LogP contribution in [0.1, 0.15) is 32.1 Å². The maximum absolute atomic E-state index is 11.8. The van der Waals surface area contributed by atoms with Gasteiger partial charge in [-0.05, 0) is 37.9 Å². The van der Waals surface area contributed by atoms with Crippen LogP contribution < -0.4 is 10.6 Å². The zero-order valence-electron chi connectivity index (χ0n) is 14.5. The zero-order chi connectivity index (χ0) is 16.3. The molecule has 2 unspecified atom stereocenters. The van der Waals surface area contributed by atoms with Crippen molar-refractivity contribution in [2.75, 3.05) is 38.8 Å². The highest BCUT2D eigenvalue weighted by Crippen LogP contribution is 2.38. The summed E-state index contributed by atoms with van der Waals surface area (Å²) in [6.07, 6.45) is 5.57. The van der Waals surface area contributed by atoms with E-state index in [1.54, 1.807) is 19.0 Å². The average Bonchev–Trinajstić information content (AvgIpc) is 3.23. The second-order valence-corrected chi connectivity index (χ2v) is 8.14. The van der Waals surface area contributed by atoms with Crippen LogP contribution in [0.25, 0.3) is 0 Å². The first kappa shape index (κ1) is 20.1. The van der Waals surface area contributed by atoms with Gasteiger partial charge >= 0.3 is 0 Å². The molecule has 2 heterocycles. The van der Waals surface area contributed by atoms with E-state index in [9.17, 15) is 4.79 Å². The topological polar surface area (TPSA) is 66.0 Å². The van der Waals surface area contributed by atoms with E-state index in [2.05, 4.69) is 15.6 Å². The van der Waals surface area contributed by atoms with Crippen molar-refractivity contribution in [3.05, 3.63) is 0 Å². The summed E-state index contributed by atoms with van der Waals surface area (Å²) in [7, 11) is 3.53. The van der Waals surface area contributed by atoms with E-state index in [-0.39, 0.29) is 42.0 Å². The third kappa shape index (κ3) is 5.66. The first-order valence-electron chi connectivity index (χ1n) is 8.56. The molecule has 138 valence electrons. The molecular weight excluding hydrogens is 439 g/mol. The summed E-state index contributed by atoms with van der Waals surface area (Å²) in [5.74, 6) is 3.12. The lowest BCUT2D eigenvalue weighted by molar-refractivity contribution is -0.127. The lowest BCUT2D eigenvalue weighted by Gasteiger charge is -2.38. The van der Waals surface area contributed by atoms with Crippen molar-refractivity contribution in [3.63, 3.8) is 0 Å². The highest BCUT2D eigenvalue weighted by molar-refractivity contribution is 14.0. The van der Waals surface area contributed by atoms with Gasteiger partial charge < -0.3 is 20.3 Å². The van der Waals surface area contributed by atoms with Crippen LogP contribution in [0.15, 0.2) is 4.99 Å². The fraction of sp³-hybridized carbons (Fsp3) is 0.875. The first-order chi connectivity index (χ1) is 11.1. The van der Waals surface area contributed by atoms with Gasteiger partial charge in [-0.25, -0.2) is 4.99 Å². The molecule has 24 heavy (non-hydrogen) atoms. The molecule has 0 aromatic heterocycles. The molecule has 2 saturated heterocycles. The minimum absolute atomic E-state index is 0. The number of thioether (sulfide) groups is 1. The number of aliphatic imine (C=N–C) groups is 1. The van der Waals surface area contributed by atoms with Crippen LogP contribution in [0.3, 0.4) is 0 Å². The molecule has 0 bridgehead atoms. The number of guanidine groups is 1. The molecule has 6 nitrogen and oxygen atoms in total. The van der Waals surface area contributed by atoms with Crippen molar-refractivity contribution in [3.8, 4) is 0 Å². The summed E-state index contributed by atoms with van der Waals surface area (Å²) < 4.78 is 6.08. The Bertz CT molecular complexity index is 465. The monoisotopic (exact) mass is 468 g/mol. The van der Waals surface area contributed by atoms with E-state index in [0.29, 0.717) is 12.1 Å². The lowest BCUT2D eigenvalue weighted by atomic mass is 9.90. The van der Waals surface area contributed by atoms with Crippen molar-refractivity contribution in [1.82, 2.24) is 15.5 Å². The standard InChI is InChI=1S/C16H28N4O2S.HI/c1-20(2)14(21)10-17-15(18-12-3-4-12)19-13-5-7-22-16(9-13)6-8-23-11-16;/h12-13H,3-11H2,1-2H3,(H2,17,18,19);1H. The number of likely N-dealkylation sites (N-methyl/N-ethyl adjacent to an activating group) is 1. The highest BCUT2D eigenvalue weighted by Gasteiger charge is 2.40. The van der Waals surface area contributed by atoms with Gasteiger partial charge in [0, 0.05) is 38.5 Å². The molecule has 0 radical (unpaired) electrons. The number of halogens is 1. The Balaban J connectivity index is 0.00000208. The molecule has 0 aromatic carbocycles. The Kier molecular flexibility index (Phi) is 7.48. The lowest BCUT2D eigenvalue weighted by Crippen LogP contribution is -2.52. The molecule has 2 atom stereocenters. The van der Waals surface area contributed by atoms with E-state index in [4.69, 9.17) is 4.74 Å². The summed E-state index contributed by atoms with van der Waals surface area (Å²) in [6, 6.07) is 0.897. The van der Waals surface area contributed by atoms with Gasteiger partial charge in [-0.3, -0.25) is 4.79 Å². The number of hydrogen-bond acceptors (Lipinski definition) is 4. The number of hydrogen-bond donors (Lipinski definition) is 2. The smallest absolute Gasteiger partial charge is 0.243 e. The average molecular weight is 468 g/mol.